The van der Waals surface area contributed by atoms with E-state index >= 15 is 0 Å². The van der Waals surface area contributed by atoms with Crippen molar-refractivity contribution in [1.29, 1.82) is 0 Å². The Morgan fingerprint density at radius 1 is 1.32 bits per heavy atom. The van der Waals surface area contributed by atoms with Crippen LogP contribution in [-0.2, 0) is 16.1 Å². The van der Waals surface area contributed by atoms with Gasteiger partial charge in [0.1, 0.15) is 6.54 Å². The number of rotatable bonds is 4. The minimum absolute atomic E-state index is 0.117. The molecule has 1 aliphatic heterocycles. The molecule has 3 heterocycles. The summed E-state index contributed by atoms with van der Waals surface area (Å²) in [6, 6.07) is 8.17. The average molecular weight is 379 g/mol. The molecule has 0 spiro atoms. The van der Waals surface area contributed by atoms with Crippen LogP contribution in [0.5, 0.6) is 0 Å². The lowest BCUT2D eigenvalue weighted by Crippen LogP contribution is -2.41. The van der Waals surface area contributed by atoms with Crippen LogP contribution in [0.15, 0.2) is 36.7 Å². The number of aromatic amines is 1. The largest absolute Gasteiger partial charge is 0.340 e. The first-order valence-electron chi connectivity index (χ1n) is 9.66. The number of carbonyl (C=O) groups is 2. The number of benzene rings is 1. The molecule has 0 radical (unpaired) electrons. The van der Waals surface area contributed by atoms with Crippen LogP contribution < -0.4 is 5.32 Å². The normalized spacial score (nSPS) is 17.1. The Balaban J connectivity index is 1.49. The average Bonchev–Trinajstić information content (AvgIpc) is 3.26. The van der Waals surface area contributed by atoms with Gasteiger partial charge in [-0.3, -0.25) is 14.7 Å². The van der Waals surface area contributed by atoms with Crippen molar-refractivity contribution in [2.24, 2.45) is 0 Å². The first kappa shape index (κ1) is 18.3. The van der Waals surface area contributed by atoms with E-state index in [0.29, 0.717) is 18.8 Å². The number of nitrogens with zero attached hydrogens (tertiary/aromatic N) is 3. The lowest BCUT2D eigenvalue weighted by molar-refractivity contribution is -0.133. The topological polar surface area (TPSA) is 83.0 Å². The van der Waals surface area contributed by atoms with Gasteiger partial charge in [0.15, 0.2) is 0 Å². The van der Waals surface area contributed by atoms with Gasteiger partial charge in [0.05, 0.1) is 17.6 Å². The summed E-state index contributed by atoms with van der Waals surface area (Å²) in [4.78, 5) is 26.3. The third-order valence-electron chi connectivity index (χ3n) is 5.46. The Morgan fingerprint density at radius 2 is 2.14 bits per heavy atom. The van der Waals surface area contributed by atoms with Crippen LogP contribution in [0.25, 0.3) is 10.9 Å². The molecule has 1 unspecified atom stereocenters. The fourth-order valence-corrected chi connectivity index (χ4v) is 4.14. The van der Waals surface area contributed by atoms with Gasteiger partial charge in [-0.1, -0.05) is 18.2 Å². The van der Waals surface area contributed by atoms with E-state index in [9.17, 15) is 9.59 Å². The highest BCUT2D eigenvalue weighted by atomic mass is 16.2. The summed E-state index contributed by atoms with van der Waals surface area (Å²) in [6.07, 6.45) is 5.57. The zero-order valence-corrected chi connectivity index (χ0v) is 16.2. The maximum atomic E-state index is 13.0. The number of piperidine rings is 1. The quantitative estimate of drug-likeness (QED) is 0.731. The lowest BCUT2D eigenvalue weighted by atomic mass is 9.94. The molecule has 2 amide bonds. The van der Waals surface area contributed by atoms with Crippen molar-refractivity contribution in [3.05, 3.63) is 47.9 Å². The van der Waals surface area contributed by atoms with Gasteiger partial charge >= 0.3 is 0 Å². The number of aromatic nitrogens is 3. The van der Waals surface area contributed by atoms with Crippen LogP contribution in [0.3, 0.4) is 0 Å². The van der Waals surface area contributed by atoms with E-state index in [2.05, 4.69) is 34.6 Å². The van der Waals surface area contributed by atoms with Crippen molar-refractivity contribution in [1.82, 2.24) is 19.7 Å². The molecule has 7 nitrogen and oxygen atoms in total. The minimum Gasteiger partial charge on any atom is -0.340 e. The molecule has 0 bridgehead atoms. The fourth-order valence-electron chi connectivity index (χ4n) is 4.14. The lowest BCUT2D eigenvalue weighted by Gasteiger charge is -2.33. The van der Waals surface area contributed by atoms with Crippen LogP contribution in [0.2, 0.25) is 0 Å². The predicted octanol–water partition coefficient (Wildman–Crippen LogP) is 3.04. The highest BCUT2D eigenvalue weighted by Gasteiger charge is 2.28. The summed E-state index contributed by atoms with van der Waals surface area (Å²) >= 11 is 0. The van der Waals surface area contributed by atoms with Gasteiger partial charge in [0.25, 0.3) is 0 Å². The van der Waals surface area contributed by atoms with E-state index in [4.69, 9.17) is 0 Å². The number of nitrogens with one attached hydrogen (secondary N) is 2. The van der Waals surface area contributed by atoms with E-state index in [-0.39, 0.29) is 17.7 Å². The number of carbonyl (C=O) groups excluding carboxylic acids is 2. The van der Waals surface area contributed by atoms with E-state index in [0.717, 1.165) is 30.6 Å². The van der Waals surface area contributed by atoms with E-state index < -0.39 is 0 Å². The Morgan fingerprint density at radius 3 is 2.96 bits per heavy atom. The second kappa shape index (κ2) is 7.50. The first-order chi connectivity index (χ1) is 13.5. The van der Waals surface area contributed by atoms with E-state index in [1.165, 1.54) is 17.9 Å². The molecule has 0 aliphatic carbocycles. The van der Waals surface area contributed by atoms with Gasteiger partial charge in [-0.05, 0) is 31.4 Å². The molecule has 1 fully saturated rings. The number of aryl methyl sites for hydroxylation is 1. The zero-order chi connectivity index (χ0) is 19.7. The molecule has 1 atom stereocenters. The summed E-state index contributed by atoms with van der Waals surface area (Å²) < 4.78 is 2.04. The summed E-state index contributed by atoms with van der Waals surface area (Å²) in [5.41, 5.74) is 3.87. The fraction of sp³-hybridized carbons (Fsp3) is 0.381. The maximum Gasteiger partial charge on any atom is 0.242 e. The maximum absolute atomic E-state index is 13.0. The number of likely N-dealkylation sites (tertiary alicyclic amines) is 1. The van der Waals surface area contributed by atoms with Crippen LogP contribution in [0.1, 0.15) is 36.9 Å². The molecule has 2 aromatic heterocycles. The first-order valence-corrected chi connectivity index (χ1v) is 9.66. The standard InChI is InChI=1S/C21H25N5O2/c1-14-11-26(19-8-4-3-7-17(14)19)13-20(28)25-9-5-6-16(12-25)21-18(10-22-24-21)23-15(2)27/h3-4,7-8,10-11,16H,5-6,9,12-13H2,1-2H3,(H,22,24)(H,23,27). The van der Waals surface area contributed by atoms with Gasteiger partial charge in [0.2, 0.25) is 11.8 Å². The number of H-pyrrole nitrogens is 1. The third kappa shape index (κ3) is 3.52. The molecule has 2 N–H and O–H groups in total. The number of para-hydroxylation sites is 1. The molecular weight excluding hydrogens is 354 g/mol. The Hall–Kier alpha value is -3.09. The van der Waals surface area contributed by atoms with Crippen molar-refractivity contribution in [2.45, 2.75) is 39.2 Å². The van der Waals surface area contributed by atoms with Crippen LogP contribution >= 0.6 is 0 Å². The van der Waals surface area contributed by atoms with Gasteiger partial charge in [-0.2, -0.15) is 5.10 Å². The highest BCUT2D eigenvalue weighted by Crippen LogP contribution is 2.30. The monoisotopic (exact) mass is 379 g/mol. The summed E-state index contributed by atoms with van der Waals surface area (Å²) in [6.45, 7) is 5.28. The van der Waals surface area contributed by atoms with E-state index in [1.807, 2.05) is 27.8 Å². The van der Waals surface area contributed by atoms with Crippen molar-refractivity contribution in [2.75, 3.05) is 18.4 Å². The van der Waals surface area contributed by atoms with Crippen molar-refractivity contribution < 1.29 is 9.59 Å². The number of fused-ring (bicyclic) bond motifs is 1. The summed E-state index contributed by atoms with van der Waals surface area (Å²) in [7, 11) is 0. The van der Waals surface area contributed by atoms with E-state index in [1.54, 1.807) is 6.20 Å². The smallest absolute Gasteiger partial charge is 0.242 e. The molecule has 28 heavy (non-hydrogen) atoms. The molecule has 4 rings (SSSR count). The Labute approximate surface area is 163 Å². The molecule has 3 aromatic rings. The number of hydrogen-bond acceptors (Lipinski definition) is 3. The van der Waals surface area contributed by atoms with Gasteiger partial charge < -0.3 is 14.8 Å². The molecular formula is C21H25N5O2. The SMILES string of the molecule is CC(=O)Nc1cn[nH]c1C1CCCN(C(=O)Cn2cc(C)c3ccccc32)C1. The molecule has 7 heteroatoms. The Bertz CT molecular complexity index is 1020. The van der Waals surface area contributed by atoms with Crippen LogP contribution in [-0.4, -0.2) is 44.6 Å². The molecule has 1 saturated heterocycles. The van der Waals surface area contributed by atoms with Crippen molar-refractivity contribution >= 4 is 28.4 Å². The predicted molar refractivity (Wildman–Crippen MR) is 108 cm³/mol. The number of hydrogen-bond donors (Lipinski definition) is 2. The second-order valence-electron chi connectivity index (χ2n) is 7.51. The van der Waals surface area contributed by atoms with Gasteiger partial charge in [-0.15, -0.1) is 0 Å². The highest BCUT2D eigenvalue weighted by molar-refractivity contribution is 5.89. The minimum atomic E-state index is -0.124. The molecule has 0 saturated carbocycles. The summed E-state index contributed by atoms with van der Waals surface area (Å²) in [5.74, 6) is 0.137. The van der Waals surface area contributed by atoms with Crippen LogP contribution in [0, 0.1) is 6.92 Å². The Kier molecular flexibility index (Phi) is 4.90. The molecule has 1 aromatic carbocycles. The summed E-state index contributed by atoms with van der Waals surface area (Å²) in [5, 5.41) is 11.1. The van der Waals surface area contributed by atoms with Crippen LogP contribution in [0.4, 0.5) is 5.69 Å². The second-order valence-corrected chi connectivity index (χ2v) is 7.51. The van der Waals surface area contributed by atoms with Gasteiger partial charge in [0, 0.05) is 43.0 Å². The zero-order valence-electron chi connectivity index (χ0n) is 16.2. The molecule has 146 valence electrons. The number of amides is 2. The van der Waals surface area contributed by atoms with Crippen molar-refractivity contribution in [3.8, 4) is 0 Å². The van der Waals surface area contributed by atoms with Crippen molar-refractivity contribution in [3.63, 3.8) is 0 Å². The number of anilines is 1. The third-order valence-corrected chi connectivity index (χ3v) is 5.46. The van der Waals surface area contributed by atoms with Gasteiger partial charge in [-0.25, -0.2) is 0 Å². The molecule has 1 aliphatic rings.